The SMILES string of the molecule is O=C(NCc1ccccn1)C(=O)NCC(c1ccco1)S(=O)(=O)c1ccc(Cl)cc1. The van der Waals surface area contributed by atoms with Crippen LogP contribution in [0.4, 0.5) is 0 Å². The number of pyridine rings is 1. The van der Waals surface area contributed by atoms with Gasteiger partial charge in [-0.25, -0.2) is 8.42 Å². The number of sulfone groups is 1. The molecule has 0 aliphatic carbocycles. The molecule has 2 heterocycles. The van der Waals surface area contributed by atoms with Crippen LogP contribution in [0.25, 0.3) is 0 Å². The maximum absolute atomic E-state index is 13.1. The van der Waals surface area contributed by atoms with E-state index < -0.39 is 26.9 Å². The Kier molecular flexibility index (Phi) is 6.86. The van der Waals surface area contributed by atoms with Crippen LogP contribution in [-0.4, -0.2) is 31.8 Å². The average molecular weight is 448 g/mol. The van der Waals surface area contributed by atoms with Crippen molar-refractivity contribution >= 4 is 33.3 Å². The molecule has 0 saturated heterocycles. The van der Waals surface area contributed by atoms with Crippen molar-refractivity contribution in [3.63, 3.8) is 0 Å². The van der Waals surface area contributed by atoms with Gasteiger partial charge in [-0.15, -0.1) is 0 Å². The number of nitrogens with zero attached hydrogens (tertiary/aromatic N) is 1. The smallest absolute Gasteiger partial charge is 0.309 e. The first-order chi connectivity index (χ1) is 14.4. The summed E-state index contributed by atoms with van der Waals surface area (Å²) in [6.45, 7) is -0.286. The number of amides is 2. The predicted octanol–water partition coefficient (Wildman–Crippen LogP) is 2.28. The summed E-state index contributed by atoms with van der Waals surface area (Å²) < 4.78 is 31.4. The van der Waals surface area contributed by atoms with E-state index in [4.69, 9.17) is 16.0 Å². The summed E-state index contributed by atoms with van der Waals surface area (Å²) in [6, 6.07) is 13.9. The molecule has 0 spiro atoms. The topological polar surface area (TPSA) is 118 Å². The Balaban J connectivity index is 1.69. The molecule has 0 fully saturated rings. The van der Waals surface area contributed by atoms with Gasteiger partial charge in [0.1, 0.15) is 11.0 Å². The summed E-state index contributed by atoms with van der Waals surface area (Å²) in [5, 5.41) is 3.96. The summed E-state index contributed by atoms with van der Waals surface area (Å²) >= 11 is 5.83. The van der Waals surface area contributed by atoms with E-state index in [-0.39, 0.29) is 23.7 Å². The van der Waals surface area contributed by atoms with Gasteiger partial charge in [0, 0.05) is 17.8 Å². The lowest BCUT2D eigenvalue weighted by Crippen LogP contribution is -2.42. The van der Waals surface area contributed by atoms with E-state index in [2.05, 4.69) is 15.6 Å². The third-order valence-electron chi connectivity index (χ3n) is 4.19. The fourth-order valence-electron chi connectivity index (χ4n) is 2.65. The molecular weight excluding hydrogens is 430 g/mol. The highest BCUT2D eigenvalue weighted by Crippen LogP contribution is 2.29. The van der Waals surface area contributed by atoms with Gasteiger partial charge in [-0.1, -0.05) is 17.7 Å². The van der Waals surface area contributed by atoms with Crippen molar-refractivity contribution in [3.8, 4) is 0 Å². The highest BCUT2D eigenvalue weighted by molar-refractivity contribution is 7.91. The molecule has 30 heavy (non-hydrogen) atoms. The lowest BCUT2D eigenvalue weighted by molar-refractivity contribution is -0.139. The number of carbonyl (C=O) groups is 2. The Bertz CT molecular complexity index is 1100. The third-order valence-corrected chi connectivity index (χ3v) is 6.52. The third kappa shape index (κ3) is 5.25. The van der Waals surface area contributed by atoms with Gasteiger partial charge >= 0.3 is 11.8 Å². The van der Waals surface area contributed by atoms with E-state index in [0.29, 0.717) is 10.7 Å². The summed E-state index contributed by atoms with van der Waals surface area (Å²) in [6.07, 6.45) is 2.90. The number of rotatable bonds is 7. The van der Waals surface area contributed by atoms with Gasteiger partial charge in [0.05, 0.1) is 23.4 Å². The zero-order chi connectivity index (χ0) is 21.6. The number of hydrogen-bond donors (Lipinski definition) is 2. The minimum atomic E-state index is -3.93. The van der Waals surface area contributed by atoms with Gasteiger partial charge in [0.15, 0.2) is 9.84 Å². The van der Waals surface area contributed by atoms with Crippen LogP contribution in [0.3, 0.4) is 0 Å². The first-order valence-electron chi connectivity index (χ1n) is 8.86. The molecule has 2 aromatic heterocycles. The van der Waals surface area contributed by atoms with E-state index in [9.17, 15) is 18.0 Å². The second kappa shape index (κ2) is 9.55. The van der Waals surface area contributed by atoms with Gasteiger partial charge in [-0.3, -0.25) is 14.6 Å². The maximum atomic E-state index is 13.1. The lowest BCUT2D eigenvalue weighted by atomic mass is 10.3. The molecular formula is C20H18ClN3O5S. The largest absolute Gasteiger partial charge is 0.468 e. The quantitative estimate of drug-likeness (QED) is 0.536. The average Bonchev–Trinajstić information content (AvgIpc) is 3.27. The summed E-state index contributed by atoms with van der Waals surface area (Å²) in [5.41, 5.74) is 0.581. The summed E-state index contributed by atoms with van der Waals surface area (Å²) in [4.78, 5) is 28.3. The van der Waals surface area contributed by atoms with Gasteiger partial charge in [-0.05, 0) is 48.5 Å². The number of carbonyl (C=O) groups excluding carboxylic acids is 2. The number of aromatic nitrogens is 1. The number of benzene rings is 1. The Morgan fingerprint density at radius 1 is 1.00 bits per heavy atom. The van der Waals surface area contributed by atoms with Crippen LogP contribution < -0.4 is 10.6 Å². The number of hydrogen-bond acceptors (Lipinski definition) is 6. The van der Waals surface area contributed by atoms with E-state index in [1.54, 1.807) is 30.5 Å². The van der Waals surface area contributed by atoms with Crippen molar-refractivity contribution in [2.45, 2.75) is 16.7 Å². The number of halogens is 1. The molecule has 0 radical (unpaired) electrons. The first-order valence-corrected chi connectivity index (χ1v) is 10.8. The standard InChI is InChI=1S/C20H18ClN3O5S/c21-14-6-8-16(9-7-14)30(27,28)18(17-5-3-11-29-17)13-24-20(26)19(25)23-12-15-4-1-2-10-22-15/h1-11,18H,12-13H2,(H,23,25)(H,24,26). The van der Waals surface area contributed by atoms with E-state index in [1.807, 2.05) is 0 Å². The number of nitrogens with one attached hydrogen (secondary N) is 2. The van der Waals surface area contributed by atoms with Crippen molar-refractivity contribution in [1.82, 2.24) is 15.6 Å². The van der Waals surface area contributed by atoms with Crippen LogP contribution in [0, 0.1) is 0 Å². The molecule has 3 aromatic rings. The number of furan rings is 1. The lowest BCUT2D eigenvalue weighted by Gasteiger charge is -2.16. The molecule has 1 unspecified atom stereocenters. The Labute approximate surface area is 178 Å². The van der Waals surface area contributed by atoms with E-state index in [0.717, 1.165) is 0 Å². The molecule has 2 N–H and O–H groups in total. The Morgan fingerprint density at radius 3 is 2.37 bits per heavy atom. The highest BCUT2D eigenvalue weighted by atomic mass is 35.5. The zero-order valence-electron chi connectivity index (χ0n) is 15.6. The molecule has 156 valence electrons. The van der Waals surface area contributed by atoms with Gasteiger partial charge in [0.2, 0.25) is 0 Å². The Morgan fingerprint density at radius 2 is 1.73 bits per heavy atom. The zero-order valence-corrected chi connectivity index (χ0v) is 17.2. The molecule has 0 aliphatic heterocycles. The minimum absolute atomic E-state index is 0.0159. The van der Waals surface area contributed by atoms with Crippen molar-refractivity contribution in [2.75, 3.05) is 6.54 Å². The molecule has 0 aliphatic rings. The van der Waals surface area contributed by atoms with Crippen molar-refractivity contribution in [1.29, 1.82) is 0 Å². The van der Waals surface area contributed by atoms with Crippen LogP contribution in [0.2, 0.25) is 5.02 Å². The van der Waals surface area contributed by atoms with E-state index in [1.165, 1.54) is 36.6 Å². The second-order valence-corrected chi connectivity index (χ2v) is 8.78. The van der Waals surface area contributed by atoms with Crippen LogP contribution >= 0.6 is 11.6 Å². The normalized spacial score (nSPS) is 12.2. The summed E-state index contributed by atoms with van der Waals surface area (Å²) in [7, 11) is -3.93. The molecule has 10 heteroatoms. The van der Waals surface area contributed by atoms with Crippen LogP contribution in [0.5, 0.6) is 0 Å². The van der Waals surface area contributed by atoms with Gasteiger partial charge in [0.25, 0.3) is 0 Å². The first kappa shape index (κ1) is 21.5. The molecule has 1 atom stereocenters. The van der Waals surface area contributed by atoms with Crippen LogP contribution in [-0.2, 0) is 26.0 Å². The maximum Gasteiger partial charge on any atom is 0.309 e. The van der Waals surface area contributed by atoms with Gasteiger partial charge in [-0.2, -0.15) is 0 Å². The van der Waals surface area contributed by atoms with Crippen LogP contribution in [0.15, 0.2) is 76.4 Å². The molecule has 0 saturated carbocycles. The fourth-order valence-corrected chi connectivity index (χ4v) is 4.36. The highest BCUT2D eigenvalue weighted by Gasteiger charge is 2.32. The van der Waals surface area contributed by atoms with E-state index >= 15 is 0 Å². The monoisotopic (exact) mass is 447 g/mol. The Hall–Kier alpha value is -3.17. The molecule has 0 bridgehead atoms. The van der Waals surface area contributed by atoms with Crippen LogP contribution in [0.1, 0.15) is 16.7 Å². The van der Waals surface area contributed by atoms with Crippen molar-refractivity contribution in [2.24, 2.45) is 0 Å². The van der Waals surface area contributed by atoms with Crippen molar-refractivity contribution < 1.29 is 22.4 Å². The fraction of sp³-hybridized carbons (Fsp3) is 0.150. The molecule has 3 rings (SSSR count). The summed E-state index contributed by atoms with van der Waals surface area (Å²) in [5.74, 6) is -1.73. The van der Waals surface area contributed by atoms with Gasteiger partial charge < -0.3 is 15.1 Å². The minimum Gasteiger partial charge on any atom is -0.468 e. The molecule has 1 aromatic carbocycles. The second-order valence-electron chi connectivity index (χ2n) is 6.22. The molecule has 8 nitrogen and oxygen atoms in total. The molecule has 2 amide bonds. The predicted molar refractivity (Wildman–Crippen MR) is 109 cm³/mol. The van der Waals surface area contributed by atoms with Crippen molar-refractivity contribution in [3.05, 3.63) is 83.5 Å².